The highest BCUT2D eigenvalue weighted by molar-refractivity contribution is 5.22. The molecule has 1 aromatic heterocycles. The Morgan fingerprint density at radius 3 is 2.44 bits per heavy atom. The Morgan fingerprint density at radius 1 is 1.31 bits per heavy atom. The van der Waals surface area contributed by atoms with Gasteiger partial charge >= 0.3 is 5.69 Å². The number of hydrogen-bond donors (Lipinski definition) is 2. The zero-order chi connectivity index (χ0) is 11.9. The molecule has 1 saturated carbocycles. The Labute approximate surface area is 92.7 Å². The minimum absolute atomic E-state index is 0.196. The highest BCUT2D eigenvalue weighted by Gasteiger charge is 2.34. The molecule has 2 rings (SSSR count). The van der Waals surface area contributed by atoms with E-state index in [0.717, 1.165) is 25.7 Å². The fraction of sp³-hybridized carbons (Fsp3) is 0.636. The van der Waals surface area contributed by atoms with Crippen LogP contribution in [-0.4, -0.2) is 14.7 Å². The van der Waals surface area contributed by atoms with Crippen LogP contribution in [0, 0.1) is 6.92 Å². The molecule has 88 valence electrons. The third-order valence-corrected chi connectivity index (χ3v) is 3.53. The average Bonchev–Trinajstić information content (AvgIpc) is 2.62. The lowest BCUT2D eigenvalue weighted by Crippen LogP contribution is -2.41. The third kappa shape index (κ3) is 1.47. The molecule has 5 heteroatoms. The summed E-state index contributed by atoms with van der Waals surface area (Å²) in [4.78, 5) is 25.3. The summed E-state index contributed by atoms with van der Waals surface area (Å²) in [6.07, 6.45) is 3.79. The van der Waals surface area contributed by atoms with Crippen LogP contribution in [0.4, 0.5) is 0 Å². The predicted octanol–water partition coefficient (Wildman–Crippen LogP) is 0.840. The van der Waals surface area contributed by atoms with Crippen LogP contribution in [0.15, 0.2) is 9.59 Å². The summed E-state index contributed by atoms with van der Waals surface area (Å²) in [5.41, 5.74) is -1.19. The van der Waals surface area contributed by atoms with E-state index >= 15 is 0 Å². The lowest BCUT2D eigenvalue weighted by Gasteiger charge is -2.27. The highest BCUT2D eigenvalue weighted by atomic mass is 16.3. The Kier molecular flexibility index (Phi) is 2.40. The molecule has 0 atom stereocenters. The molecule has 16 heavy (non-hydrogen) atoms. The van der Waals surface area contributed by atoms with Crippen molar-refractivity contribution in [3.8, 4) is 5.88 Å². The largest absolute Gasteiger partial charge is 0.494 e. The molecule has 1 aromatic rings. The van der Waals surface area contributed by atoms with E-state index in [2.05, 4.69) is 4.98 Å². The maximum absolute atomic E-state index is 11.8. The Hall–Kier alpha value is -1.52. The number of H-pyrrole nitrogens is 1. The monoisotopic (exact) mass is 224 g/mol. The lowest BCUT2D eigenvalue weighted by atomic mass is 10.00. The van der Waals surface area contributed by atoms with E-state index < -0.39 is 11.2 Å². The molecule has 0 unspecified atom stereocenters. The fourth-order valence-electron chi connectivity index (χ4n) is 2.47. The summed E-state index contributed by atoms with van der Waals surface area (Å²) >= 11 is 0. The maximum atomic E-state index is 11.8. The molecule has 0 saturated heterocycles. The van der Waals surface area contributed by atoms with Crippen LogP contribution in [0.5, 0.6) is 5.88 Å². The molecule has 0 spiro atoms. The molecule has 2 N–H and O–H groups in total. The lowest BCUT2D eigenvalue weighted by molar-refractivity contribution is 0.264. The summed E-state index contributed by atoms with van der Waals surface area (Å²) in [5.74, 6) is -0.196. The van der Waals surface area contributed by atoms with Gasteiger partial charge in [-0.1, -0.05) is 12.8 Å². The Morgan fingerprint density at radius 2 is 1.88 bits per heavy atom. The van der Waals surface area contributed by atoms with E-state index in [9.17, 15) is 14.7 Å². The van der Waals surface area contributed by atoms with Crippen molar-refractivity contribution < 1.29 is 5.11 Å². The molecule has 1 heterocycles. The van der Waals surface area contributed by atoms with Crippen LogP contribution in [-0.2, 0) is 5.54 Å². The normalized spacial score (nSPS) is 18.9. The number of rotatable bonds is 1. The molecular weight excluding hydrogens is 208 g/mol. The summed E-state index contributed by atoms with van der Waals surface area (Å²) in [7, 11) is 0. The average molecular weight is 224 g/mol. The molecule has 0 aliphatic heterocycles. The van der Waals surface area contributed by atoms with Crippen LogP contribution in [0.2, 0.25) is 0 Å². The van der Waals surface area contributed by atoms with Gasteiger partial charge in [0.25, 0.3) is 5.56 Å². The summed E-state index contributed by atoms with van der Waals surface area (Å²) in [6.45, 7) is 3.46. The quantitative estimate of drug-likeness (QED) is 0.742. The van der Waals surface area contributed by atoms with E-state index in [1.54, 1.807) is 0 Å². The number of nitrogens with one attached hydrogen (secondary N) is 1. The van der Waals surface area contributed by atoms with E-state index in [1.807, 2.05) is 6.92 Å². The molecule has 1 fully saturated rings. The number of nitrogens with zero attached hydrogens (tertiary/aromatic N) is 1. The van der Waals surface area contributed by atoms with Gasteiger partial charge in [0.2, 0.25) is 5.88 Å². The number of aromatic nitrogens is 2. The maximum Gasteiger partial charge on any atom is 0.331 e. The van der Waals surface area contributed by atoms with Gasteiger partial charge in [0, 0.05) is 5.54 Å². The van der Waals surface area contributed by atoms with Crippen molar-refractivity contribution in [3.63, 3.8) is 0 Å². The Balaban J connectivity index is 2.70. The molecule has 1 aliphatic rings. The summed E-state index contributed by atoms with van der Waals surface area (Å²) in [5, 5.41) is 9.93. The van der Waals surface area contributed by atoms with Crippen molar-refractivity contribution in [2.24, 2.45) is 0 Å². The second-order valence-electron chi connectivity index (χ2n) is 4.75. The van der Waals surface area contributed by atoms with Crippen LogP contribution < -0.4 is 11.2 Å². The van der Waals surface area contributed by atoms with Crippen LogP contribution in [0.3, 0.4) is 0 Å². The zero-order valence-corrected chi connectivity index (χ0v) is 9.54. The smallest absolute Gasteiger partial charge is 0.331 e. The molecule has 5 nitrogen and oxygen atoms in total. The van der Waals surface area contributed by atoms with Crippen molar-refractivity contribution in [2.75, 3.05) is 0 Å². The van der Waals surface area contributed by atoms with E-state index in [0.29, 0.717) is 0 Å². The number of aromatic amines is 1. The van der Waals surface area contributed by atoms with Crippen molar-refractivity contribution in [1.82, 2.24) is 9.55 Å². The van der Waals surface area contributed by atoms with Gasteiger partial charge in [0.05, 0.1) is 5.56 Å². The molecule has 1 aliphatic carbocycles. The van der Waals surface area contributed by atoms with Gasteiger partial charge in [-0.25, -0.2) is 4.79 Å². The van der Waals surface area contributed by atoms with Gasteiger partial charge < -0.3 is 5.11 Å². The van der Waals surface area contributed by atoms with E-state index in [4.69, 9.17) is 0 Å². The van der Waals surface area contributed by atoms with Gasteiger partial charge in [-0.2, -0.15) is 0 Å². The van der Waals surface area contributed by atoms with E-state index in [-0.39, 0.29) is 17.0 Å². The first-order chi connectivity index (χ1) is 7.46. The predicted molar refractivity (Wildman–Crippen MR) is 59.8 cm³/mol. The van der Waals surface area contributed by atoms with Crippen molar-refractivity contribution in [3.05, 3.63) is 26.4 Å². The van der Waals surface area contributed by atoms with Crippen molar-refractivity contribution in [2.45, 2.75) is 45.1 Å². The van der Waals surface area contributed by atoms with Crippen LogP contribution >= 0.6 is 0 Å². The van der Waals surface area contributed by atoms with Crippen LogP contribution in [0.25, 0.3) is 0 Å². The van der Waals surface area contributed by atoms with Gasteiger partial charge in [-0.3, -0.25) is 14.3 Å². The second-order valence-corrected chi connectivity index (χ2v) is 4.75. The first-order valence-electron chi connectivity index (χ1n) is 5.51. The fourth-order valence-corrected chi connectivity index (χ4v) is 2.47. The molecule has 0 bridgehead atoms. The summed E-state index contributed by atoms with van der Waals surface area (Å²) in [6, 6.07) is 0. The zero-order valence-electron chi connectivity index (χ0n) is 9.54. The molecule has 0 aromatic carbocycles. The first-order valence-corrected chi connectivity index (χ1v) is 5.51. The van der Waals surface area contributed by atoms with Crippen molar-refractivity contribution >= 4 is 0 Å². The topological polar surface area (TPSA) is 75.1 Å². The SMILES string of the molecule is Cc1c(O)n(C2(C)CCCC2)c(=O)[nH]c1=O. The molecular formula is C11H16N2O3. The van der Waals surface area contributed by atoms with Gasteiger partial charge in [-0.05, 0) is 26.7 Å². The minimum Gasteiger partial charge on any atom is -0.494 e. The van der Waals surface area contributed by atoms with Crippen LogP contribution in [0.1, 0.15) is 38.2 Å². The van der Waals surface area contributed by atoms with Gasteiger partial charge in [0.15, 0.2) is 0 Å². The molecule has 0 amide bonds. The minimum atomic E-state index is -0.516. The van der Waals surface area contributed by atoms with Crippen molar-refractivity contribution in [1.29, 1.82) is 0 Å². The highest BCUT2D eigenvalue weighted by Crippen LogP contribution is 2.37. The summed E-state index contributed by atoms with van der Waals surface area (Å²) < 4.78 is 1.33. The van der Waals surface area contributed by atoms with Gasteiger partial charge in [-0.15, -0.1) is 0 Å². The molecule has 0 radical (unpaired) electrons. The number of hydrogen-bond acceptors (Lipinski definition) is 3. The third-order valence-electron chi connectivity index (χ3n) is 3.53. The first kappa shape index (κ1) is 11.0. The van der Waals surface area contributed by atoms with E-state index in [1.165, 1.54) is 11.5 Å². The number of aromatic hydroxyl groups is 1. The Bertz CT molecular complexity index is 521. The van der Waals surface area contributed by atoms with Gasteiger partial charge in [0.1, 0.15) is 0 Å². The second kappa shape index (κ2) is 3.50. The standard InChI is InChI=1S/C11H16N2O3/c1-7-8(14)12-10(16)13(9(7)15)11(2)5-3-4-6-11/h15H,3-6H2,1-2H3,(H,12,14,16).